The van der Waals surface area contributed by atoms with E-state index in [1.54, 1.807) is 13.0 Å². The van der Waals surface area contributed by atoms with Gasteiger partial charge in [0.05, 0.1) is 18.3 Å². The normalized spacial score (nSPS) is 17.7. The second-order valence-electron chi connectivity index (χ2n) is 8.79. The summed E-state index contributed by atoms with van der Waals surface area (Å²) in [6.07, 6.45) is 1.91. The average Bonchev–Trinajstić information content (AvgIpc) is 2.88. The molecule has 1 fully saturated rings. The molecular formula is C28H26F4O4. The van der Waals surface area contributed by atoms with E-state index in [-0.39, 0.29) is 29.4 Å². The number of aliphatic hydroxyl groups excluding tert-OH is 1. The molecule has 190 valence electrons. The van der Waals surface area contributed by atoms with Crippen LogP contribution in [0.15, 0.2) is 48.5 Å². The van der Waals surface area contributed by atoms with Crippen LogP contribution in [-0.2, 0) is 11.3 Å². The summed E-state index contributed by atoms with van der Waals surface area (Å²) in [6.45, 7) is 1.92. The molecule has 0 atom stereocenters. The van der Waals surface area contributed by atoms with E-state index in [4.69, 9.17) is 9.47 Å². The van der Waals surface area contributed by atoms with Crippen LogP contribution in [0.1, 0.15) is 60.0 Å². The first kappa shape index (κ1) is 25.9. The highest BCUT2D eigenvalue weighted by molar-refractivity contribution is 5.91. The summed E-state index contributed by atoms with van der Waals surface area (Å²) < 4.78 is 68.6. The summed E-state index contributed by atoms with van der Waals surface area (Å²) in [5.74, 6) is -5.61. The fraction of sp³-hybridized carbons (Fsp3) is 0.321. The highest BCUT2D eigenvalue weighted by Crippen LogP contribution is 2.37. The Morgan fingerprint density at radius 2 is 1.56 bits per heavy atom. The maximum Gasteiger partial charge on any atom is 0.346 e. The minimum atomic E-state index is -1.33. The first-order valence-corrected chi connectivity index (χ1v) is 11.8. The molecule has 0 amide bonds. The molecule has 1 aliphatic rings. The standard InChI is InChI=1S/C28H26F4O4/c1-2-35-15-18-7-12-23(27(32)24(18)29)28(34)36-20-10-5-17(6-11-20)22-14-13-21(25(30)26(22)31)16-3-8-19(33)9-4-16/h5-7,10-14,16,19,33H,2-4,8-9,15H2,1H3. The SMILES string of the molecule is CCOCc1ccc(C(=O)Oc2ccc(-c3ccc(C4CCC(O)CC4)c(F)c3F)cc2)c(F)c1F. The van der Waals surface area contributed by atoms with Gasteiger partial charge >= 0.3 is 5.97 Å². The topological polar surface area (TPSA) is 55.8 Å². The number of ether oxygens (including phenoxy) is 2. The molecule has 0 aromatic heterocycles. The summed E-state index contributed by atoms with van der Waals surface area (Å²) >= 11 is 0. The molecule has 1 N–H and O–H groups in total. The molecule has 0 saturated heterocycles. The second kappa shape index (κ2) is 11.2. The summed E-state index contributed by atoms with van der Waals surface area (Å²) in [5.41, 5.74) is 0.111. The van der Waals surface area contributed by atoms with E-state index in [9.17, 15) is 27.5 Å². The van der Waals surface area contributed by atoms with Crippen LogP contribution in [0.2, 0.25) is 0 Å². The van der Waals surface area contributed by atoms with Crippen molar-refractivity contribution in [2.75, 3.05) is 6.61 Å². The third-order valence-corrected chi connectivity index (χ3v) is 6.47. The lowest BCUT2D eigenvalue weighted by atomic mass is 9.82. The minimum absolute atomic E-state index is 0.0170. The largest absolute Gasteiger partial charge is 0.423 e. The quantitative estimate of drug-likeness (QED) is 0.222. The third-order valence-electron chi connectivity index (χ3n) is 6.47. The van der Waals surface area contributed by atoms with Gasteiger partial charge in [0, 0.05) is 17.7 Å². The van der Waals surface area contributed by atoms with Gasteiger partial charge in [-0.1, -0.05) is 30.3 Å². The zero-order valence-corrected chi connectivity index (χ0v) is 19.7. The molecule has 0 heterocycles. The van der Waals surface area contributed by atoms with Gasteiger partial charge in [-0.15, -0.1) is 0 Å². The zero-order valence-electron chi connectivity index (χ0n) is 19.7. The van der Waals surface area contributed by atoms with Crippen molar-refractivity contribution in [3.05, 3.63) is 88.5 Å². The van der Waals surface area contributed by atoms with Gasteiger partial charge in [0.2, 0.25) is 0 Å². The monoisotopic (exact) mass is 502 g/mol. The second-order valence-corrected chi connectivity index (χ2v) is 8.79. The fourth-order valence-electron chi connectivity index (χ4n) is 4.42. The lowest BCUT2D eigenvalue weighted by Crippen LogP contribution is -2.18. The molecular weight excluding hydrogens is 476 g/mol. The Hall–Kier alpha value is -3.23. The van der Waals surface area contributed by atoms with E-state index in [1.165, 1.54) is 36.4 Å². The maximum atomic E-state index is 14.9. The van der Waals surface area contributed by atoms with Crippen LogP contribution in [-0.4, -0.2) is 23.8 Å². The van der Waals surface area contributed by atoms with Gasteiger partial charge < -0.3 is 14.6 Å². The fourth-order valence-corrected chi connectivity index (χ4v) is 4.42. The summed E-state index contributed by atoms with van der Waals surface area (Å²) in [6, 6.07) is 11.1. The molecule has 0 spiro atoms. The smallest absolute Gasteiger partial charge is 0.346 e. The minimum Gasteiger partial charge on any atom is -0.423 e. The summed E-state index contributed by atoms with van der Waals surface area (Å²) in [7, 11) is 0. The molecule has 3 aromatic carbocycles. The molecule has 4 rings (SSSR count). The first-order valence-electron chi connectivity index (χ1n) is 11.8. The predicted molar refractivity (Wildman–Crippen MR) is 126 cm³/mol. The van der Waals surface area contributed by atoms with Crippen LogP contribution in [0.5, 0.6) is 5.75 Å². The number of halogens is 4. The summed E-state index contributed by atoms with van der Waals surface area (Å²) in [5, 5.41) is 9.66. The number of aliphatic hydroxyl groups is 1. The van der Waals surface area contributed by atoms with Gasteiger partial charge in [-0.3, -0.25) is 0 Å². The van der Waals surface area contributed by atoms with Crippen LogP contribution in [0.4, 0.5) is 17.6 Å². The van der Waals surface area contributed by atoms with Gasteiger partial charge in [0.15, 0.2) is 23.3 Å². The number of hydrogen-bond acceptors (Lipinski definition) is 4. The number of rotatable bonds is 7. The van der Waals surface area contributed by atoms with Gasteiger partial charge in [-0.05, 0) is 67.9 Å². The summed E-state index contributed by atoms with van der Waals surface area (Å²) in [4.78, 5) is 12.4. The first-order chi connectivity index (χ1) is 17.3. The number of benzene rings is 3. The Morgan fingerprint density at radius 3 is 2.22 bits per heavy atom. The van der Waals surface area contributed by atoms with Gasteiger partial charge in [0.1, 0.15) is 5.75 Å². The molecule has 1 aliphatic carbocycles. The molecule has 1 saturated carbocycles. The molecule has 0 unspecified atom stereocenters. The third kappa shape index (κ3) is 5.44. The molecule has 4 nitrogen and oxygen atoms in total. The van der Waals surface area contributed by atoms with Crippen molar-refractivity contribution in [2.45, 2.75) is 51.2 Å². The Labute approximate surface area is 206 Å². The molecule has 0 bridgehead atoms. The zero-order chi connectivity index (χ0) is 25.8. The van der Waals surface area contributed by atoms with Crippen LogP contribution in [0, 0.1) is 23.3 Å². The van der Waals surface area contributed by atoms with Crippen molar-refractivity contribution in [1.29, 1.82) is 0 Å². The van der Waals surface area contributed by atoms with E-state index in [2.05, 4.69) is 0 Å². The number of carbonyl (C=O) groups excluding carboxylic acids is 1. The number of esters is 1. The Balaban J connectivity index is 1.48. The molecule has 8 heteroatoms. The predicted octanol–water partition coefficient (Wildman–Crippen LogP) is 6.68. The molecule has 36 heavy (non-hydrogen) atoms. The van der Waals surface area contributed by atoms with Crippen molar-refractivity contribution >= 4 is 5.97 Å². The van der Waals surface area contributed by atoms with Crippen molar-refractivity contribution < 1.29 is 36.9 Å². The number of carbonyl (C=O) groups is 1. The Bertz CT molecular complexity index is 1240. The molecule has 3 aromatic rings. The van der Waals surface area contributed by atoms with Crippen molar-refractivity contribution in [1.82, 2.24) is 0 Å². The highest BCUT2D eigenvalue weighted by atomic mass is 19.2. The van der Waals surface area contributed by atoms with Crippen molar-refractivity contribution in [2.24, 2.45) is 0 Å². The van der Waals surface area contributed by atoms with E-state index in [1.807, 2.05) is 0 Å². The van der Waals surface area contributed by atoms with Gasteiger partial charge in [-0.2, -0.15) is 0 Å². The van der Waals surface area contributed by atoms with Crippen LogP contribution in [0.3, 0.4) is 0 Å². The maximum absolute atomic E-state index is 14.9. The van der Waals surface area contributed by atoms with E-state index in [0.717, 1.165) is 6.07 Å². The Morgan fingerprint density at radius 1 is 0.861 bits per heavy atom. The highest BCUT2D eigenvalue weighted by Gasteiger charge is 2.26. The van der Waals surface area contributed by atoms with Gasteiger partial charge in [-0.25, -0.2) is 22.4 Å². The van der Waals surface area contributed by atoms with E-state index < -0.39 is 40.9 Å². The molecule has 0 radical (unpaired) electrons. The van der Waals surface area contributed by atoms with Crippen molar-refractivity contribution in [3.63, 3.8) is 0 Å². The van der Waals surface area contributed by atoms with Crippen molar-refractivity contribution in [3.8, 4) is 16.9 Å². The van der Waals surface area contributed by atoms with Gasteiger partial charge in [0.25, 0.3) is 0 Å². The van der Waals surface area contributed by atoms with E-state index >= 15 is 0 Å². The number of hydrogen-bond donors (Lipinski definition) is 1. The lowest BCUT2D eigenvalue weighted by Gasteiger charge is -2.26. The van der Waals surface area contributed by atoms with Crippen LogP contribution >= 0.6 is 0 Å². The average molecular weight is 503 g/mol. The van der Waals surface area contributed by atoms with Crippen LogP contribution < -0.4 is 4.74 Å². The lowest BCUT2D eigenvalue weighted by molar-refractivity contribution is 0.0728. The molecule has 0 aliphatic heterocycles. The Kier molecular flexibility index (Phi) is 8.06. The van der Waals surface area contributed by atoms with E-state index in [0.29, 0.717) is 43.4 Å². The van der Waals surface area contributed by atoms with Crippen LogP contribution in [0.25, 0.3) is 11.1 Å².